The molecule has 0 fully saturated rings. The zero-order valence-electron chi connectivity index (χ0n) is 8.73. The lowest BCUT2D eigenvalue weighted by atomic mass is 10.1. The maximum atomic E-state index is 10.9. The van der Waals surface area contributed by atoms with Crippen molar-refractivity contribution in [2.45, 2.75) is 19.4 Å². The van der Waals surface area contributed by atoms with Gasteiger partial charge in [0.15, 0.2) is 0 Å². The van der Waals surface area contributed by atoms with Gasteiger partial charge in [0.05, 0.1) is 6.04 Å². The van der Waals surface area contributed by atoms with Crippen molar-refractivity contribution in [3.63, 3.8) is 0 Å². The van der Waals surface area contributed by atoms with E-state index < -0.39 is 6.04 Å². The zero-order valence-corrected chi connectivity index (χ0v) is 8.73. The maximum Gasteiger partial charge on any atom is 0.217 e. The largest absolute Gasteiger partial charge is 0.511 e. The molecule has 2 N–H and O–H groups in total. The molecule has 1 atom stereocenters. The molecule has 80 valence electrons. The Morgan fingerprint density at radius 1 is 1.47 bits per heavy atom. The number of carbonyl (C=O) groups excluding carboxylic acids is 1. The lowest BCUT2D eigenvalue weighted by molar-refractivity contribution is -0.119. The number of carbonyl (C=O) groups is 1. The van der Waals surface area contributed by atoms with Gasteiger partial charge in [-0.1, -0.05) is 36.9 Å². The number of benzene rings is 1. The number of rotatable bonds is 4. The number of amides is 1. The van der Waals surface area contributed by atoms with E-state index in [4.69, 9.17) is 0 Å². The van der Waals surface area contributed by atoms with Crippen molar-refractivity contribution < 1.29 is 9.90 Å². The Bertz CT molecular complexity index is 346. The molecule has 1 aromatic rings. The lowest BCUT2D eigenvalue weighted by Gasteiger charge is -2.16. The predicted molar refractivity (Wildman–Crippen MR) is 59.5 cm³/mol. The van der Waals surface area contributed by atoms with Crippen molar-refractivity contribution in [3.8, 4) is 0 Å². The molecule has 0 radical (unpaired) electrons. The number of hydrogen-bond acceptors (Lipinski definition) is 2. The van der Waals surface area contributed by atoms with E-state index in [-0.39, 0.29) is 11.7 Å². The van der Waals surface area contributed by atoms with Gasteiger partial charge in [-0.2, -0.15) is 0 Å². The first-order valence-electron chi connectivity index (χ1n) is 4.78. The van der Waals surface area contributed by atoms with Gasteiger partial charge in [0.25, 0.3) is 0 Å². The van der Waals surface area contributed by atoms with Gasteiger partial charge < -0.3 is 10.4 Å². The van der Waals surface area contributed by atoms with Crippen LogP contribution in [0.25, 0.3) is 0 Å². The van der Waals surface area contributed by atoms with Gasteiger partial charge in [0, 0.05) is 6.92 Å². The molecule has 0 heterocycles. The minimum absolute atomic E-state index is 0.0194. The number of aliphatic hydroxyl groups excluding tert-OH is 1. The van der Waals surface area contributed by atoms with E-state index in [2.05, 4.69) is 11.9 Å². The molecule has 0 bridgehead atoms. The molecule has 0 aliphatic carbocycles. The molecule has 3 heteroatoms. The Morgan fingerprint density at radius 3 is 2.53 bits per heavy atom. The highest BCUT2D eigenvalue weighted by molar-refractivity contribution is 5.73. The summed E-state index contributed by atoms with van der Waals surface area (Å²) in [5, 5.41) is 12.0. The van der Waals surface area contributed by atoms with Crippen molar-refractivity contribution >= 4 is 5.91 Å². The molecular formula is C12H15NO2. The Labute approximate surface area is 89.4 Å². The summed E-state index contributed by atoms with van der Waals surface area (Å²) in [6.45, 7) is 4.86. The van der Waals surface area contributed by atoms with Crippen LogP contribution in [-0.4, -0.2) is 17.1 Å². The van der Waals surface area contributed by atoms with Gasteiger partial charge in [-0.3, -0.25) is 4.79 Å². The lowest BCUT2D eigenvalue weighted by Crippen LogP contribution is -2.36. The van der Waals surface area contributed by atoms with Gasteiger partial charge in [0.1, 0.15) is 5.76 Å². The minimum Gasteiger partial charge on any atom is -0.511 e. The molecule has 0 aliphatic heterocycles. The van der Waals surface area contributed by atoms with Crippen molar-refractivity contribution in [2.24, 2.45) is 0 Å². The first-order valence-corrected chi connectivity index (χ1v) is 4.78. The second-order valence-electron chi connectivity index (χ2n) is 3.43. The van der Waals surface area contributed by atoms with Crippen LogP contribution in [0, 0.1) is 0 Å². The van der Waals surface area contributed by atoms with Crippen molar-refractivity contribution in [3.05, 3.63) is 48.2 Å². The Kier molecular flexibility index (Phi) is 3.92. The molecular weight excluding hydrogens is 190 g/mol. The van der Waals surface area contributed by atoms with Crippen LogP contribution in [0.3, 0.4) is 0 Å². The van der Waals surface area contributed by atoms with Gasteiger partial charge in [0.2, 0.25) is 5.91 Å². The van der Waals surface area contributed by atoms with Crippen molar-refractivity contribution in [1.29, 1.82) is 0 Å². The van der Waals surface area contributed by atoms with E-state index in [1.54, 1.807) is 0 Å². The summed E-state index contributed by atoms with van der Waals surface area (Å²) in [5.41, 5.74) is 1.05. The first kappa shape index (κ1) is 11.3. The van der Waals surface area contributed by atoms with Gasteiger partial charge in [-0.05, 0) is 12.0 Å². The third-order valence-corrected chi connectivity index (χ3v) is 2.06. The second kappa shape index (κ2) is 5.20. The SMILES string of the molecule is C=C(O)C(Cc1ccccc1)NC(C)=O. The van der Waals surface area contributed by atoms with Crippen LogP contribution in [-0.2, 0) is 11.2 Å². The van der Waals surface area contributed by atoms with E-state index in [0.29, 0.717) is 6.42 Å². The minimum atomic E-state index is -0.412. The fourth-order valence-corrected chi connectivity index (χ4v) is 1.35. The second-order valence-corrected chi connectivity index (χ2v) is 3.43. The summed E-state index contributed by atoms with van der Waals surface area (Å²) in [7, 11) is 0. The van der Waals surface area contributed by atoms with Crippen molar-refractivity contribution in [1.82, 2.24) is 5.32 Å². The van der Waals surface area contributed by atoms with E-state index in [1.165, 1.54) is 6.92 Å². The molecule has 0 spiro atoms. The Morgan fingerprint density at radius 2 is 2.07 bits per heavy atom. The highest BCUT2D eigenvalue weighted by Crippen LogP contribution is 2.07. The van der Waals surface area contributed by atoms with E-state index >= 15 is 0 Å². The normalized spacial score (nSPS) is 11.8. The van der Waals surface area contributed by atoms with Gasteiger partial charge in [-0.15, -0.1) is 0 Å². The number of aliphatic hydroxyl groups is 1. The highest BCUT2D eigenvalue weighted by atomic mass is 16.3. The molecule has 1 aromatic carbocycles. The van der Waals surface area contributed by atoms with Crippen LogP contribution in [0.1, 0.15) is 12.5 Å². The highest BCUT2D eigenvalue weighted by Gasteiger charge is 2.13. The maximum absolute atomic E-state index is 10.9. The molecule has 15 heavy (non-hydrogen) atoms. The van der Waals surface area contributed by atoms with Gasteiger partial charge >= 0.3 is 0 Å². The van der Waals surface area contributed by atoms with Crippen LogP contribution >= 0.6 is 0 Å². The standard InChI is InChI=1S/C12H15NO2/c1-9(14)12(13-10(2)15)8-11-6-4-3-5-7-11/h3-7,12,14H,1,8H2,2H3,(H,13,15). The molecule has 1 unspecified atom stereocenters. The van der Waals surface area contributed by atoms with Crippen molar-refractivity contribution in [2.75, 3.05) is 0 Å². The van der Waals surface area contributed by atoms with Crippen LogP contribution in [0.2, 0.25) is 0 Å². The molecule has 0 aromatic heterocycles. The summed E-state index contributed by atoms with van der Waals surface area (Å²) in [5.74, 6) is -0.194. The summed E-state index contributed by atoms with van der Waals surface area (Å²) in [4.78, 5) is 10.9. The van der Waals surface area contributed by atoms with Gasteiger partial charge in [-0.25, -0.2) is 0 Å². The van der Waals surface area contributed by atoms with Crippen LogP contribution in [0.15, 0.2) is 42.7 Å². The van der Waals surface area contributed by atoms with E-state index in [1.807, 2.05) is 30.3 Å². The fourth-order valence-electron chi connectivity index (χ4n) is 1.35. The van der Waals surface area contributed by atoms with E-state index in [0.717, 1.165) is 5.56 Å². The Balaban J connectivity index is 2.67. The number of hydrogen-bond donors (Lipinski definition) is 2. The zero-order chi connectivity index (χ0) is 11.3. The fraction of sp³-hybridized carbons (Fsp3) is 0.250. The molecule has 0 saturated carbocycles. The predicted octanol–water partition coefficient (Wildman–Crippen LogP) is 1.81. The molecule has 0 aliphatic rings. The van der Waals surface area contributed by atoms with Crippen LogP contribution in [0.4, 0.5) is 0 Å². The monoisotopic (exact) mass is 205 g/mol. The molecule has 0 saturated heterocycles. The number of nitrogens with one attached hydrogen (secondary N) is 1. The quantitative estimate of drug-likeness (QED) is 0.736. The molecule has 1 amide bonds. The summed E-state index contributed by atoms with van der Waals surface area (Å²) in [6.07, 6.45) is 0.551. The average Bonchev–Trinajstić information content (AvgIpc) is 2.17. The molecule has 1 rings (SSSR count). The van der Waals surface area contributed by atoms with Crippen LogP contribution < -0.4 is 5.32 Å². The summed E-state index contributed by atoms with van der Waals surface area (Å²) < 4.78 is 0. The first-order chi connectivity index (χ1) is 7.09. The smallest absolute Gasteiger partial charge is 0.217 e. The summed E-state index contributed by atoms with van der Waals surface area (Å²) >= 11 is 0. The summed E-state index contributed by atoms with van der Waals surface area (Å²) in [6, 6.07) is 9.23. The molecule has 3 nitrogen and oxygen atoms in total. The Hall–Kier alpha value is -1.77. The topological polar surface area (TPSA) is 49.3 Å². The average molecular weight is 205 g/mol. The van der Waals surface area contributed by atoms with E-state index in [9.17, 15) is 9.90 Å². The third kappa shape index (κ3) is 3.85. The third-order valence-electron chi connectivity index (χ3n) is 2.06. The van der Waals surface area contributed by atoms with Crippen LogP contribution in [0.5, 0.6) is 0 Å².